The molecule has 0 aliphatic carbocycles. The maximum atomic E-state index is 12.6. The minimum Gasteiger partial charge on any atom is -0.486 e. The number of carbonyl (C=O) groups is 1. The van der Waals surface area contributed by atoms with E-state index in [-0.39, 0.29) is 5.91 Å². The van der Waals surface area contributed by atoms with Crippen LogP contribution in [-0.2, 0) is 6.61 Å². The second-order valence-corrected chi connectivity index (χ2v) is 7.90. The Labute approximate surface area is 151 Å². The Kier molecular flexibility index (Phi) is 5.41. The van der Waals surface area contributed by atoms with Crippen LogP contribution in [0.4, 0.5) is 0 Å². The van der Waals surface area contributed by atoms with E-state index in [2.05, 4.69) is 18.8 Å². The molecule has 1 aromatic heterocycles. The Morgan fingerprint density at radius 1 is 1.29 bits per heavy atom. The molecule has 2 atom stereocenters. The Balaban J connectivity index is 1.60. The Bertz CT molecular complexity index is 691. The van der Waals surface area contributed by atoms with E-state index in [9.17, 15) is 4.79 Å². The maximum Gasteiger partial charge on any atom is 0.273 e. The van der Waals surface area contributed by atoms with Crippen LogP contribution in [0.5, 0.6) is 5.75 Å². The zero-order valence-corrected chi connectivity index (χ0v) is 15.4. The number of thiazole rings is 1. The molecular weight excluding hydrogens is 344 g/mol. The summed E-state index contributed by atoms with van der Waals surface area (Å²) in [6.07, 6.45) is 1.18. The van der Waals surface area contributed by atoms with Crippen LogP contribution in [0.3, 0.4) is 0 Å². The summed E-state index contributed by atoms with van der Waals surface area (Å²) in [6.45, 7) is 6.38. The molecule has 1 amide bonds. The van der Waals surface area contributed by atoms with Crippen molar-refractivity contribution in [1.29, 1.82) is 0 Å². The largest absolute Gasteiger partial charge is 0.486 e. The van der Waals surface area contributed by atoms with E-state index in [0.717, 1.165) is 23.8 Å². The lowest BCUT2D eigenvalue weighted by Crippen LogP contribution is -2.42. The summed E-state index contributed by atoms with van der Waals surface area (Å²) in [5, 5.41) is 3.30. The molecule has 3 rings (SSSR count). The SMILES string of the molecule is CC1CC(C)CN(C(=O)c2csc(COc3ccc(Cl)cc3)n2)C1. The van der Waals surface area contributed by atoms with Crippen molar-refractivity contribution in [1.82, 2.24) is 9.88 Å². The van der Waals surface area contributed by atoms with Crippen molar-refractivity contribution in [3.05, 3.63) is 45.4 Å². The molecule has 1 aromatic carbocycles. The number of ether oxygens (including phenoxy) is 1. The predicted molar refractivity (Wildman–Crippen MR) is 96.7 cm³/mol. The summed E-state index contributed by atoms with van der Waals surface area (Å²) >= 11 is 7.31. The first-order valence-electron chi connectivity index (χ1n) is 8.13. The minimum atomic E-state index is 0.0300. The lowest BCUT2D eigenvalue weighted by Gasteiger charge is -2.34. The van der Waals surface area contributed by atoms with Gasteiger partial charge in [0.1, 0.15) is 23.1 Å². The van der Waals surface area contributed by atoms with Gasteiger partial charge in [-0.1, -0.05) is 25.4 Å². The van der Waals surface area contributed by atoms with E-state index in [1.165, 1.54) is 17.8 Å². The second kappa shape index (κ2) is 7.53. The number of amides is 1. The van der Waals surface area contributed by atoms with Crippen molar-refractivity contribution >= 4 is 28.8 Å². The van der Waals surface area contributed by atoms with Crippen LogP contribution in [0, 0.1) is 11.8 Å². The molecule has 0 radical (unpaired) electrons. The molecule has 1 aliphatic heterocycles. The summed E-state index contributed by atoms with van der Waals surface area (Å²) in [5.74, 6) is 1.86. The molecule has 2 aromatic rings. The van der Waals surface area contributed by atoms with Crippen molar-refractivity contribution < 1.29 is 9.53 Å². The van der Waals surface area contributed by atoms with Gasteiger partial charge in [-0.25, -0.2) is 4.98 Å². The van der Waals surface area contributed by atoms with Gasteiger partial charge < -0.3 is 9.64 Å². The number of benzene rings is 1. The molecule has 2 unspecified atom stereocenters. The molecule has 1 saturated heterocycles. The third kappa shape index (κ3) is 4.28. The lowest BCUT2D eigenvalue weighted by atomic mass is 9.92. The number of nitrogens with zero attached hydrogens (tertiary/aromatic N) is 2. The second-order valence-electron chi connectivity index (χ2n) is 6.53. The first-order valence-corrected chi connectivity index (χ1v) is 9.39. The monoisotopic (exact) mass is 364 g/mol. The molecule has 0 bridgehead atoms. The summed E-state index contributed by atoms with van der Waals surface area (Å²) in [4.78, 5) is 19.0. The van der Waals surface area contributed by atoms with Gasteiger partial charge in [0.25, 0.3) is 5.91 Å². The zero-order valence-electron chi connectivity index (χ0n) is 13.9. The highest BCUT2D eigenvalue weighted by Gasteiger charge is 2.27. The summed E-state index contributed by atoms with van der Waals surface area (Å²) in [6, 6.07) is 7.20. The van der Waals surface area contributed by atoms with Crippen molar-refractivity contribution in [3.8, 4) is 5.75 Å². The Morgan fingerprint density at radius 3 is 2.62 bits per heavy atom. The fourth-order valence-electron chi connectivity index (χ4n) is 3.14. The molecule has 0 N–H and O–H groups in total. The van der Waals surface area contributed by atoms with E-state index in [0.29, 0.717) is 29.2 Å². The van der Waals surface area contributed by atoms with E-state index in [4.69, 9.17) is 16.3 Å². The number of aromatic nitrogens is 1. The summed E-state index contributed by atoms with van der Waals surface area (Å²) in [7, 11) is 0. The Morgan fingerprint density at radius 2 is 1.96 bits per heavy atom. The smallest absolute Gasteiger partial charge is 0.273 e. The molecule has 4 nitrogen and oxygen atoms in total. The van der Waals surface area contributed by atoms with Crippen LogP contribution in [-0.4, -0.2) is 28.9 Å². The number of halogens is 1. The number of rotatable bonds is 4. The fourth-order valence-corrected chi connectivity index (χ4v) is 3.95. The number of carbonyl (C=O) groups excluding carboxylic acids is 1. The van der Waals surface area contributed by atoms with Gasteiger partial charge in [-0.3, -0.25) is 4.79 Å². The van der Waals surface area contributed by atoms with E-state index >= 15 is 0 Å². The number of piperidine rings is 1. The number of hydrogen-bond donors (Lipinski definition) is 0. The van der Waals surface area contributed by atoms with Crippen LogP contribution in [0.25, 0.3) is 0 Å². The normalized spacial score (nSPS) is 20.9. The molecule has 1 aliphatic rings. The van der Waals surface area contributed by atoms with Crippen molar-refractivity contribution in [2.24, 2.45) is 11.8 Å². The average Bonchev–Trinajstić information content (AvgIpc) is 3.01. The maximum absolute atomic E-state index is 12.6. The third-order valence-corrected chi connectivity index (χ3v) is 5.18. The summed E-state index contributed by atoms with van der Waals surface area (Å²) in [5.41, 5.74) is 0.524. The van der Waals surface area contributed by atoms with Crippen LogP contribution >= 0.6 is 22.9 Å². The minimum absolute atomic E-state index is 0.0300. The van der Waals surface area contributed by atoms with Crippen LogP contribution in [0.2, 0.25) is 5.02 Å². The van der Waals surface area contributed by atoms with E-state index in [1.807, 2.05) is 22.4 Å². The molecule has 6 heteroatoms. The molecule has 2 heterocycles. The first kappa shape index (κ1) is 17.2. The molecule has 1 fully saturated rings. The van der Waals surface area contributed by atoms with Crippen LogP contribution < -0.4 is 4.74 Å². The van der Waals surface area contributed by atoms with Gasteiger partial charge in [0, 0.05) is 23.5 Å². The van der Waals surface area contributed by atoms with Crippen molar-refractivity contribution in [2.75, 3.05) is 13.1 Å². The van der Waals surface area contributed by atoms with Crippen molar-refractivity contribution in [3.63, 3.8) is 0 Å². The molecule has 128 valence electrons. The lowest BCUT2D eigenvalue weighted by molar-refractivity contribution is 0.0617. The highest BCUT2D eigenvalue weighted by atomic mass is 35.5. The quantitative estimate of drug-likeness (QED) is 0.802. The highest BCUT2D eigenvalue weighted by Crippen LogP contribution is 2.23. The first-order chi connectivity index (χ1) is 11.5. The van der Waals surface area contributed by atoms with Gasteiger partial charge in [-0.05, 0) is 42.5 Å². The van der Waals surface area contributed by atoms with Crippen LogP contribution in [0.1, 0.15) is 35.8 Å². The van der Waals surface area contributed by atoms with Crippen molar-refractivity contribution in [2.45, 2.75) is 26.9 Å². The number of hydrogen-bond acceptors (Lipinski definition) is 4. The Hall–Kier alpha value is -1.59. The van der Waals surface area contributed by atoms with Gasteiger partial charge in [0.2, 0.25) is 0 Å². The zero-order chi connectivity index (χ0) is 17.1. The topological polar surface area (TPSA) is 42.4 Å². The molecule has 0 spiro atoms. The standard InChI is InChI=1S/C18H21ClN2O2S/c1-12-7-13(2)9-21(8-12)18(22)16-11-24-17(20-16)10-23-15-5-3-14(19)4-6-15/h3-6,11-13H,7-10H2,1-2H3. The van der Waals surface area contributed by atoms with Gasteiger partial charge in [0.15, 0.2) is 0 Å². The van der Waals surface area contributed by atoms with Gasteiger partial charge in [-0.2, -0.15) is 0 Å². The molecule has 0 saturated carbocycles. The fraction of sp³-hybridized carbons (Fsp3) is 0.444. The van der Waals surface area contributed by atoms with E-state index in [1.54, 1.807) is 12.1 Å². The van der Waals surface area contributed by atoms with E-state index < -0.39 is 0 Å². The predicted octanol–water partition coefficient (Wildman–Crippen LogP) is 4.49. The van der Waals surface area contributed by atoms with Crippen LogP contribution in [0.15, 0.2) is 29.6 Å². The molecule has 24 heavy (non-hydrogen) atoms. The van der Waals surface area contributed by atoms with Gasteiger partial charge in [-0.15, -0.1) is 11.3 Å². The third-order valence-electron chi connectivity index (χ3n) is 4.10. The van der Waals surface area contributed by atoms with Gasteiger partial charge in [0.05, 0.1) is 0 Å². The van der Waals surface area contributed by atoms with Gasteiger partial charge >= 0.3 is 0 Å². The highest BCUT2D eigenvalue weighted by molar-refractivity contribution is 7.09. The average molecular weight is 365 g/mol. The molecular formula is C18H21ClN2O2S. The summed E-state index contributed by atoms with van der Waals surface area (Å²) < 4.78 is 5.68. The number of likely N-dealkylation sites (tertiary alicyclic amines) is 1.